The Morgan fingerprint density at radius 2 is 2.00 bits per heavy atom. The van der Waals surface area contributed by atoms with Crippen molar-refractivity contribution in [1.82, 2.24) is 9.97 Å². The summed E-state index contributed by atoms with van der Waals surface area (Å²) < 4.78 is 0.982. The number of aromatic nitrogens is 2. The quantitative estimate of drug-likeness (QED) is 0.796. The number of amides is 1. The largest absolute Gasteiger partial charge is 0.360 e. The molecule has 6 heteroatoms. The maximum atomic E-state index is 12.6. The zero-order valence-electron chi connectivity index (χ0n) is 14.6. The fraction of sp³-hybridized carbons (Fsp3) is 0.389. The summed E-state index contributed by atoms with van der Waals surface area (Å²) in [5, 5.41) is 2.92. The topological polar surface area (TPSA) is 58.1 Å². The molecule has 1 amide bonds. The minimum Gasteiger partial charge on any atom is -0.360 e. The number of nitrogens with one attached hydrogen (secondary N) is 1. The average molecular weight is 391 g/mol. The van der Waals surface area contributed by atoms with Gasteiger partial charge < -0.3 is 10.2 Å². The lowest BCUT2D eigenvalue weighted by Gasteiger charge is -2.18. The fourth-order valence-electron chi connectivity index (χ4n) is 2.33. The van der Waals surface area contributed by atoms with Crippen molar-refractivity contribution in [2.75, 3.05) is 23.8 Å². The minimum absolute atomic E-state index is 0.226. The van der Waals surface area contributed by atoms with Gasteiger partial charge in [-0.1, -0.05) is 29.3 Å². The van der Waals surface area contributed by atoms with Crippen LogP contribution in [-0.2, 0) is 0 Å². The third-order valence-electron chi connectivity index (χ3n) is 3.73. The lowest BCUT2D eigenvalue weighted by atomic mass is 10.2. The van der Waals surface area contributed by atoms with Gasteiger partial charge in [-0.05, 0) is 44.0 Å². The molecule has 0 fully saturated rings. The Balaban J connectivity index is 2.21. The van der Waals surface area contributed by atoms with Gasteiger partial charge >= 0.3 is 0 Å². The molecule has 1 heterocycles. The van der Waals surface area contributed by atoms with Gasteiger partial charge in [0.1, 0.15) is 17.3 Å². The third kappa shape index (κ3) is 4.77. The molecule has 0 aliphatic heterocycles. The van der Waals surface area contributed by atoms with E-state index in [1.54, 1.807) is 13.0 Å². The van der Waals surface area contributed by atoms with E-state index in [1.807, 2.05) is 32.2 Å². The highest BCUT2D eigenvalue weighted by molar-refractivity contribution is 9.10. The van der Waals surface area contributed by atoms with E-state index >= 15 is 0 Å². The zero-order chi connectivity index (χ0) is 17.7. The molecule has 1 aromatic heterocycles. The van der Waals surface area contributed by atoms with E-state index in [9.17, 15) is 4.79 Å². The van der Waals surface area contributed by atoms with Gasteiger partial charge in [0.15, 0.2) is 0 Å². The van der Waals surface area contributed by atoms with E-state index < -0.39 is 0 Å². The molecule has 0 radical (unpaired) electrons. The number of carbonyl (C=O) groups is 1. The maximum absolute atomic E-state index is 12.6. The molecule has 0 atom stereocenters. The van der Waals surface area contributed by atoms with E-state index in [-0.39, 0.29) is 5.91 Å². The first-order valence-electron chi connectivity index (χ1n) is 8.05. The number of unbranched alkanes of at least 4 members (excludes halogenated alkanes) is 1. The smallest absolute Gasteiger partial charge is 0.274 e. The Bertz CT molecular complexity index is 733. The van der Waals surface area contributed by atoms with Crippen LogP contribution in [-0.4, -0.2) is 29.5 Å². The van der Waals surface area contributed by atoms with E-state index in [2.05, 4.69) is 43.0 Å². The number of rotatable bonds is 6. The molecule has 0 aliphatic carbocycles. The summed E-state index contributed by atoms with van der Waals surface area (Å²) in [4.78, 5) is 23.3. The molecular weight excluding hydrogens is 368 g/mol. The maximum Gasteiger partial charge on any atom is 0.274 e. The van der Waals surface area contributed by atoms with Gasteiger partial charge in [-0.2, -0.15) is 0 Å². The van der Waals surface area contributed by atoms with Crippen LogP contribution in [0.15, 0.2) is 28.7 Å². The number of nitrogens with zero attached hydrogens (tertiary/aromatic N) is 3. The predicted molar refractivity (Wildman–Crippen MR) is 102 cm³/mol. The van der Waals surface area contributed by atoms with Crippen molar-refractivity contribution in [1.29, 1.82) is 0 Å². The lowest BCUT2D eigenvalue weighted by molar-refractivity contribution is 0.102. The number of aryl methyl sites for hydroxylation is 2. The Kier molecular flexibility index (Phi) is 6.31. The standard InChI is InChI=1S/C18H23BrN4O/c1-5-6-9-23(4)17-11-16(20-13(3)21-17)18(24)22-15-8-7-14(19)10-12(15)2/h7-8,10-11H,5-6,9H2,1-4H3,(H,22,24). The van der Waals surface area contributed by atoms with Crippen LogP contribution < -0.4 is 10.2 Å². The zero-order valence-corrected chi connectivity index (χ0v) is 16.1. The van der Waals surface area contributed by atoms with Gasteiger partial charge in [0.2, 0.25) is 0 Å². The van der Waals surface area contributed by atoms with Crippen LogP contribution in [0.3, 0.4) is 0 Å². The van der Waals surface area contributed by atoms with Gasteiger partial charge in [-0.15, -0.1) is 0 Å². The molecule has 24 heavy (non-hydrogen) atoms. The van der Waals surface area contributed by atoms with Crippen molar-refractivity contribution in [2.45, 2.75) is 33.6 Å². The van der Waals surface area contributed by atoms with Crippen LogP contribution in [0.4, 0.5) is 11.5 Å². The van der Waals surface area contributed by atoms with Gasteiger partial charge in [0.05, 0.1) is 0 Å². The second kappa shape index (κ2) is 8.24. The summed E-state index contributed by atoms with van der Waals surface area (Å²) >= 11 is 3.42. The molecule has 1 aromatic carbocycles. The summed E-state index contributed by atoms with van der Waals surface area (Å²) in [6, 6.07) is 7.48. The average Bonchev–Trinajstić information content (AvgIpc) is 2.54. The van der Waals surface area contributed by atoms with Crippen LogP contribution in [0, 0.1) is 13.8 Å². The monoisotopic (exact) mass is 390 g/mol. The van der Waals surface area contributed by atoms with Crippen LogP contribution >= 0.6 is 15.9 Å². The van der Waals surface area contributed by atoms with E-state index in [1.165, 1.54) is 0 Å². The van der Waals surface area contributed by atoms with Crippen molar-refractivity contribution in [3.63, 3.8) is 0 Å². The van der Waals surface area contributed by atoms with Crippen LogP contribution in [0.25, 0.3) is 0 Å². The van der Waals surface area contributed by atoms with Crippen LogP contribution in [0.5, 0.6) is 0 Å². The van der Waals surface area contributed by atoms with E-state index in [0.29, 0.717) is 11.5 Å². The molecule has 0 bridgehead atoms. The van der Waals surface area contributed by atoms with Gasteiger partial charge in [0.25, 0.3) is 5.91 Å². The predicted octanol–water partition coefficient (Wildman–Crippen LogP) is 4.34. The summed E-state index contributed by atoms with van der Waals surface area (Å²) in [6.07, 6.45) is 2.20. The molecule has 0 saturated carbocycles. The van der Waals surface area contributed by atoms with Crippen molar-refractivity contribution < 1.29 is 4.79 Å². The van der Waals surface area contributed by atoms with Crippen molar-refractivity contribution in [3.8, 4) is 0 Å². The fourth-order valence-corrected chi connectivity index (χ4v) is 2.80. The third-order valence-corrected chi connectivity index (χ3v) is 4.23. The number of halogens is 1. The van der Waals surface area contributed by atoms with Gasteiger partial charge in [-0.3, -0.25) is 4.79 Å². The Morgan fingerprint density at radius 1 is 1.25 bits per heavy atom. The first kappa shape index (κ1) is 18.4. The van der Waals surface area contributed by atoms with Gasteiger partial charge in [0, 0.05) is 29.8 Å². The number of hydrogen-bond acceptors (Lipinski definition) is 4. The molecule has 2 rings (SSSR count). The Hall–Kier alpha value is -1.95. The highest BCUT2D eigenvalue weighted by atomic mass is 79.9. The highest BCUT2D eigenvalue weighted by Crippen LogP contribution is 2.21. The van der Waals surface area contributed by atoms with E-state index in [4.69, 9.17) is 0 Å². The summed E-state index contributed by atoms with van der Waals surface area (Å²) in [5.74, 6) is 1.14. The molecular formula is C18H23BrN4O. The molecule has 5 nitrogen and oxygen atoms in total. The second-order valence-electron chi connectivity index (χ2n) is 5.85. The van der Waals surface area contributed by atoms with Gasteiger partial charge in [-0.25, -0.2) is 9.97 Å². The highest BCUT2D eigenvalue weighted by Gasteiger charge is 2.13. The first-order valence-corrected chi connectivity index (χ1v) is 8.84. The van der Waals surface area contributed by atoms with Crippen molar-refractivity contribution in [3.05, 3.63) is 45.8 Å². The SMILES string of the molecule is CCCCN(C)c1cc(C(=O)Nc2ccc(Br)cc2C)nc(C)n1. The summed E-state index contributed by atoms with van der Waals surface area (Å²) in [6.45, 7) is 6.81. The molecule has 0 spiro atoms. The van der Waals surface area contributed by atoms with Crippen molar-refractivity contribution >= 4 is 33.3 Å². The summed E-state index contributed by atoms with van der Waals surface area (Å²) in [5.41, 5.74) is 2.15. The lowest BCUT2D eigenvalue weighted by Crippen LogP contribution is -2.22. The van der Waals surface area contributed by atoms with Crippen LogP contribution in [0.1, 0.15) is 41.6 Å². The van der Waals surface area contributed by atoms with E-state index in [0.717, 1.165) is 40.9 Å². The van der Waals surface area contributed by atoms with Crippen molar-refractivity contribution in [2.24, 2.45) is 0 Å². The number of hydrogen-bond donors (Lipinski definition) is 1. The molecule has 0 aliphatic rings. The molecule has 0 saturated heterocycles. The Labute approximate surface area is 151 Å². The molecule has 2 aromatic rings. The molecule has 1 N–H and O–H groups in total. The Morgan fingerprint density at radius 3 is 2.67 bits per heavy atom. The molecule has 0 unspecified atom stereocenters. The number of carbonyl (C=O) groups excluding carboxylic acids is 1. The number of anilines is 2. The summed E-state index contributed by atoms with van der Waals surface area (Å²) in [7, 11) is 1.98. The minimum atomic E-state index is -0.226. The first-order chi connectivity index (χ1) is 11.4. The molecule has 128 valence electrons. The second-order valence-corrected chi connectivity index (χ2v) is 6.76. The van der Waals surface area contributed by atoms with Crippen LogP contribution in [0.2, 0.25) is 0 Å². The number of benzene rings is 1. The normalized spacial score (nSPS) is 10.5.